The van der Waals surface area contributed by atoms with Gasteiger partial charge in [-0.15, -0.1) is 0 Å². The van der Waals surface area contributed by atoms with Crippen LogP contribution in [-0.2, 0) is 9.53 Å². The molecule has 0 bridgehead atoms. The Morgan fingerprint density at radius 2 is 1.96 bits per heavy atom. The number of amides is 1. The first-order valence-electron chi connectivity index (χ1n) is 9.14. The SMILES string of the molecule is CN1C(=O)CO[C@H]2CN([C@H]3CCC[C@@H](Oc4ccccc4)[C@@H]3O)C[C@@H]21. The molecule has 1 amide bonds. The maximum atomic E-state index is 11.9. The van der Waals surface area contributed by atoms with Crippen molar-refractivity contribution in [1.82, 2.24) is 9.80 Å². The van der Waals surface area contributed by atoms with Gasteiger partial charge in [-0.1, -0.05) is 18.2 Å². The van der Waals surface area contributed by atoms with Crippen LogP contribution in [-0.4, -0.2) is 78.0 Å². The Labute approximate surface area is 148 Å². The van der Waals surface area contributed by atoms with E-state index in [1.807, 2.05) is 37.4 Å². The molecule has 1 aromatic carbocycles. The van der Waals surface area contributed by atoms with Crippen molar-refractivity contribution in [3.8, 4) is 5.75 Å². The van der Waals surface area contributed by atoms with E-state index in [0.717, 1.165) is 38.1 Å². The minimum absolute atomic E-state index is 0.0394. The minimum Gasteiger partial charge on any atom is -0.488 e. The number of ether oxygens (including phenoxy) is 2. The molecule has 3 aliphatic rings. The molecule has 6 heteroatoms. The lowest BCUT2D eigenvalue weighted by Gasteiger charge is -2.39. The topological polar surface area (TPSA) is 62.2 Å². The fraction of sp³-hybridized carbons (Fsp3) is 0.632. The number of fused-ring (bicyclic) bond motifs is 1. The van der Waals surface area contributed by atoms with Crippen LogP contribution < -0.4 is 4.74 Å². The molecule has 0 radical (unpaired) electrons. The molecule has 25 heavy (non-hydrogen) atoms. The summed E-state index contributed by atoms with van der Waals surface area (Å²) >= 11 is 0. The summed E-state index contributed by atoms with van der Waals surface area (Å²) in [6, 6.07) is 9.83. The summed E-state index contributed by atoms with van der Waals surface area (Å²) < 4.78 is 11.8. The van der Waals surface area contributed by atoms with Crippen LogP contribution in [0.4, 0.5) is 0 Å². The number of aliphatic hydroxyl groups is 1. The Bertz CT molecular complexity index is 611. The van der Waals surface area contributed by atoms with Crippen molar-refractivity contribution in [2.24, 2.45) is 0 Å². The average molecular weight is 346 g/mol. The van der Waals surface area contributed by atoms with E-state index >= 15 is 0 Å². The average Bonchev–Trinajstić information content (AvgIpc) is 3.06. The predicted octanol–water partition coefficient (Wildman–Crippen LogP) is 0.889. The first-order chi connectivity index (χ1) is 12.1. The number of carbonyl (C=O) groups excluding carboxylic acids is 1. The van der Waals surface area contributed by atoms with Crippen LogP contribution in [0.25, 0.3) is 0 Å². The van der Waals surface area contributed by atoms with Crippen molar-refractivity contribution in [3.05, 3.63) is 30.3 Å². The third-order valence-electron chi connectivity index (χ3n) is 5.84. The van der Waals surface area contributed by atoms with Gasteiger partial charge < -0.3 is 19.5 Å². The molecule has 2 aliphatic heterocycles. The second-order valence-electron chi connectivity index (χ2n) is 7.33. The zero-order chi connectivity index (χ0) is 17.4. The summed E-state index contributed by atoms with van der Waals surface area (Å²) in [7, 11) is 1.85. The highest BCUT2D eigenvalue weighted by Crippen LogP contribution is 2.32. The van der Waals surface area contributed by atoms with Gasteiger partial charge in [-0.2, -0.15) is 0 Å². The van der Waals surface area contributed by atoms with Crippen molar-refractivity contribution in [2.45, 2.75) is 49.7 Å². The van der Waals surface area contributed by atoms with Gasteiger partial charge in [0.25, 0.3) is 0 Å². The van der Waals surface area contributed by atoms with E-state index in [4.69, 9.17) is 9.47 Å². The number of likely N-dealkylation sites (N-methyl/N-ethyl adjacent to an activating group) is 1. The molecule has 4 rings (SSSR count). The lowest BCUT2D eigenvalue weighted by atomic mass is 9.89. The number of aliphatic hydroxyl groups excluding tert-OH is 1. The summed E-state index contributed by atoms with van der Waals surface area (Å²) in [4.78, 5) is 15.9. The highest BCUT2D eigenvalue weighted by Gasteiger charge is 2.46. The third-order valence-corrected chi connectivity index (χ3v) is 5.84. The quantitative estimate of drug-likeness (QED) is 0.881. The monoisotopic (exact) mass is 346 g/mol. The van der Waals surface area contributed by atoms with Crippen LogP contribution in [0.5, 0.6) is 5.75 Å². The van der Waals surface area contributed by atoms with E-state index < -0.39 is 6.10 Å². The number of benzene rings is 1. The lowest BCUT2D eigenvalue weighted by molar-refractivity contribution is -0.150. The maximum absolute atomic E-state index is 11.9. The Balaban J connectivity index is 1.43. The van der Waals surface area contributed by atoms with E-state index in [2.05, 4.69) is 4.90 Å². The number of rotatable bonds is 3. The second-order valence-corrected chi connectivity index (χ2v) is 7.33. The fourth-order valence-corrected chi connectivity index (χ4v) is 4.38. The summed E-state index contributed by atoms with van der Waals surface area (Å²) in [6.45, 7) is 1.69. The number of nitrogens with zero attached hydrogens (tertiary/aromatic N) is 2. The van der Waals surface area contributed by atoms with Gasteiger partial charge in [0.1, 0.15) is 24.6 Å². The van der Waals surface area contributed by atoms with E-state index in [1.165, 1.54) is 0 Å². The molecule has 3 fully saturated rings. The molecule has 1 saturated carbocycles. The Morgan fingerprint density at radius 1 is 1.16 bits per heavy atom. The first kappa shape index (κ1) is 16.8. The van der Waals surface area contributed by atoms with E-state index in [9.17, 15) is 9.90 Å². The number of morpholine rings is 1. The molecule has 136 valence electrons. The van der Waals surface area contributed by atoms with Crippen molar-refractivity contribution in [1.29, 1.82) is 0 Å². The molecule has 5 atom stereocenters. The molecular formula is C19H26N2O4. The van der Waals surface area contributed by atoms with Gasteiger partial charge in [0.05, 0.1) is 12.1 Å². The van der Waals surface area contributed by atoms with Crippen LogP contribution in [0.3, 0.4) is 0 Å². The van der Waals surface area contributed by atoms with Crippen LogP contribution in [0.1, 0.15) is 19.3 Å². The zero-order valence-electron chi connectivity index (χ0n) is 14.6. The van der Waals surface area contributed by atoms with Crippen LogP contribution in [0.2, 0.25) is 0 Å². The number of likely N-dealkylation sites (tertiary alicyclic amines) is 1. The van der Waals surface area contributed by atoms with Gasteiger partial charge >= 0.3 is 0 Å². The van der Waals surface area contributed by atoms with E-state index in [1.54, 1.807) is 4.90 Å². The Morgan fingerprint density at radius 3 is 2.76 bits per heavy atom. The highest BCUT2D eigenvalue weighted by molar-refractivity contribution is 5.78. The standard InChI is InChI=1S/C19H26N2O4/c1-20-15-10-21(11-17(15)24-12-18(20)22)14-8-5-9-16(19(14)23)25-13-6-3-2-4-7-13/h2-4,6-7,14-17,19,23H,5,8-12H2,1H3/t14-,15-,16+,17-,19+/m0/s1. The summed E-state index contributed by atoms with van der Waals surface area (Å²) in [6.07, 6.45) is 2.17. The summed E-state index contributed by atoms with van der Waals surface area (Å²) in [5.74, 6) is 0.841. The number of carbonyl (C=O) groups is 1. The number of hydrogen-bond acceptors (Lipinski definition) is 5. The molecule has 2 heterocycles. The number of para-hydroxylation sites is 1. The van der Waals surface area contributed by atoms with Gasteiger partial charge in [-0.05, 0) is 31.4 Å². The smallest absolute Gasteiger partial charge is 0.248 e. The van der Waals surface area contributed by atoms with Gasteiger partial charge in [0, 0.05) is 26.2 Å². The Kier molecular flexibility index (Phi) is 4.67. The molecule has 1 aromatic rings. The van der Waals surface area contributed by atoms with Crippen LogP contribution in [0, 0.1) is 0 Å². The van der Waals surface area contributed by atoms with Crippen molar-refractivity contribution < 1.29 is 19.4 Å². The minimum atomic E-state index is -0.532. The predicted molar refractivity (Wildman–Crippen MR) is 92.4 cm³/mol. The van der Waals surface area contributed by atoms with Crippen molar-refractivity contribution in [3.63, 3.8) is 0 Å². The second kappa shape index (κ2) is 6.94. The molecule has 6 nitrogen and oxygen atoms in total. The van der Waals surface area contributed by atoms with E-state index in [0.29, 0.717) is 0 Å². The molecule has 0 unspecified atom stereocenters. The van der Waals surface area contributed by atoms with Gasteiger partial charge in [0.15, 0.2) is 0 Å². The van der Waals surface area contributed by atoms with Gasteiger partial charge in [-0.25, -0.2) is 0 Å². The van der Waals surface area contributed by atoms with Gasteiger partial charge in [-0.3, -0.25) is 9.69 Å². The summed E-state index contributed by atoms with van der Waals surface area (Å²) in [5, 5.41) is 10.9. The maximum Gasteiger partial charge on any atom is 0.248 e. The molecule has 2 saturated heterocycles. The molecule has 0 spiro atoms. The first-order valence-corrected chi connectivity index (χ1v) is 9.14. The number of hydrogen-bond donors (Lipinski definition) is 1. The molecule has 1 N–H and O–H groups in total. The molecular weight excluding hydrogens is 320 g/mol. The molecule has 1 aliphatic carbocycles. The zero-order valence-corrected chi connectivity index (χ0v) is 14.6. The van der Waals surface area contributed by atoms with Crippen LogP contribution >= 0.6 is 0 Å². The molecule has 0 aromatic heterocycles. The lowest BCUT2D eigenvalue weighted by Crippen LogP contribution is -2.53. The Hall–Kier alpha value is -1.63. The van der Waals surface area contributed by atoms with Crippen molar-refractivity contribution >= 4 is 5.91 Å². The fourth-order valence-electron chi connectivity index (χ4n) is 4.38. The summed E-state index contributed by atoms with van der Waals surface area (Å²) in [5.41, 5.74) is 0. The van der Waals surface area contributed by atoms with Crippen LogP contribution in [0.15, 0.2) is 30.3 Å². The third kappa shape index (κ3) is 3.26. The normalized spacial score (nSPS) is 36.3. The van der Waals surface area contributed by atoms with E-state index in [-0.39, 0.29) is 36.8 Å². The van der Waals surface area contributed by atoms with Crippen molar-refractivity contribution in [2.75, 3.05) is 26.7 Å². The van der Waals surface area contributed by atoms with Gasteiger partial charge in [0.2, 0.25) is 5.91 Å². The largest absolute Gasteiger partial charge is 0.488 e. The highest BCUT2D eigenvalue weighted by atomic mass is 16.5.